The van der Waals surface area contributed by atoms with Crippen molar-refractivity contribution in [2.45, 2.75) is 69.0 Å². The number of carbonyl (C=O) groups excluding carboxylic acids is 3. The van der Waals surface area contributed by atoms with Gasteiger partial charge in [-0.05, 0) is 18.6 Å². The van der Waals surface area contributed by atoms with Gasteiger partial charge >= 0.3 is 0 Å². The highest BCUT2D eigenvalue weighted by molar-refractivity contribution is 6.31. The van der Waals surface area contributed by atoms with Crippen molar-refractivity contribution >= 4 is 17.3 Å². The molecule has 242 valence electrons. The number of benzene rings is 3. The summed E-state index contributed by atoms with van der Waals surface area (Å²) in [6, 6.07) is 13.5. The molecule has 1 saturated heterocycles. The molecule has 6 atom stereocenters. The average molecular weight is 634 g/mol. The number of ether oxygens (including phenoxy) is 3. The molecule has 3 aromatic carbocycles. The van der Waals surface area contributed by atoms with Crippen molar-refractivity contribution in [2.75, 3.05) is 13.7 Å². The van der Waals surface area contributed by atoms with E-state index in [1.54, 1.807) is 6.92 Å². The van der Waals surface area contributed by atoms with Crippen molar-refractivity contribution in [3.05, 3.63) is 87.5 Å². The fourth-order valence-corrected chi connectivity index (χ4v) is 6.76. The number of aliphatic hydroxyl groups is 3. The number of ketones is 3. The van der Waals surface area contributed by atoms with Gasteiger partial charge in [-0.3, -0.25) is 14.4 Å². The van der Waals surface area contributed by atoms with Crippen LogP contribution in [0.1, 0.15) is 74.4 Å². The van der Waals surface area contributed by atoms with Gasteiger partial charge in [-0.15, -0.1) is 0 Å². The monoisotopic (exact) mass is 633 g/mol. The topological polar surface area (TPSA) is 192 Å². The molecule has 3 aliphatic rings. The Hall–Kier alpha value is -4.17. The second-order valence-electron chi connectivity index (χ2n) is 12.0. The van der Waals surface area contributed by atoms with Crippen LogP contribution in [0.3, 0.4) is 0 Å². The first-order chi connectivity index (χ1) is 22.0. The lowest BCUT2D eigenvalue weighted by Crippen LogP contribution is -2.54. The average Bonchev–Trinajstić information content (AvgIpc) is 3.05. The van der Waals surface area contributed by atoms with Gasteiger partial charge in [-0.1, -0.05) is 42.5 Å². The van der Waals surface area contributed by atoms with E-state index in [4.69, 9.17) is 14.2 Å². The predicted molar refractivity (Wildman–Crippen MR) is 161 cm³/mol. The van der Waals surface area contributed by atoms with Crippen LogP contribution in [0.4, 0.5) is 0 Å². The number of aliphatic hydroxyl groups excluding tert-OH is 2. The first-order valence-corrected chi connectivity index (χ1v) is 15.0. The van der Waals surface area contributed by atoms with E-state index in [0.717, 1.165) is 5.56 Å². The summed E-state index contributed by atoms with van der Waals surface area (Å²) in [5.41, 5.74) is -2.59. The number of carbonyl (C=O) groups is 3. The Kier molecular flexibility index (Phi) is 8.44. The first-order valence-electron chi connectivity index (χ1n) is 15.0. The molecule has 1 aliphatic heterocycles. The molecule has 46 heavy (non-hydrogen) atoms. The van der Waals surface area contributed by atoms with Crippen LogP contribution >= 0.6 is 0 Å². The third-order valence-corrected chi connectivity index (χ3v) is 9.17. The molecule has 0 saturated carbocycles. The number of Topliss-reactive ketones (excluding diaryl/α,β-unsaturated/α-hetero) is 1. The van der Waals surface area contributed by atoms with Crippen LogP contribution in [-0.2, 0) is 27.2 Å². The maximum atomic E-state index is 13.8. The van der Waals surface area contributed by atoms with Crippen LogP contribution < -0.4 is 10.1 Å². The van der Waals surface area contributed by atoms with Gasteiger partial charge in [0.05, 0.1) is 42.1 Å². The molecule has 6 N–H and O–H groups in total. The lowest BCUT2D eigenvalue weighted by molar-refractivity contribution is -0.250. The van der Waals surface area contributed by atoms with Gasteiger partial charge in [0, 0.05) is 48.5 Å². The molecule has 3 aromatic rings. The quantitative estimate of drug-likeness (QED) is 0.155. The Morgan fingerprint density at radius 2 is 1.74 bits per heavy atom. The highest BCUT2D eigenvalue weighted by Gasteiger charge is 2.50. The Morgan fingerprint density at radius 3 is 2.43 bits per heavy atom. The minimum absolute atomic E-state index is 0.0472. The van der Waals surface area contributed by atoms with Crippen molar-refractivity contribution in [1.82, 2.24) is 5.32 Å². The minimum Gasteiger partial charge on any atom is -0.507 e. The lowest BCUT2D eigenvalue weighted by atomic mass is 9.72. The van der Waals surface area contributed by atoms with E-state index >= 15 is 0 Å². The van der Waals surface area contributed by atoms with Gasteiger partial charge in [-0.2, -0.15) is 0 Å². The second kappa shape index (κ2) is 12.2. The molecule has 0 aromatic heterocycles. The van der Waals surface area contributed by atoms with Crippen LogP contribution in [0.25, 0.3) is 0 Å². The summed E-state index contributed by atoms with van der Waals surface area (Å²) in [6.45, 7) is 1.09. The van der Waals surface area contributed by atoms with Gasteiger partial charge in [0.25, 0.3) is 0 Å². The highest BCUT2D eigenvalue weighted by atomic mass is 16.7. The molecule has 4 unspecified atom stereocenters. The van der Waals surface area contributed by atoms with Gasteiger partial charge in [0.2, 0.25) is 5.78 Å². The molecule has 0 amide bonds. The van der Waals surface area contributed by atoms with Crippen molar-refractivity contribution in [3.63, 3.8) is 0 Å². The van der Waals surface area contributed by atoms with Crippen molar-refractivity contribution in [2.24, 2.45) is 0 Å². The second-order valence-corrected chi connectivity index (χ2v) is 12.0. The van der Waals surface area contributed by atoms with Gasteiger partial charge < -0.3 is 45.1 Å². The maximum Gasteiger partial charge on any atom is 0.202 e. The molecule has 12 nitrogen and oxygen atoms in total. The third-order valence-electron chi connectivity index (χ3n) is 9.17. The van der Waals surface area contributed by atoms with E-state index in [-0.39, 0.29) is 34.4 Å². The van der Waals surface area contributed by atoms with E-state index in [0.29, 0.717) is 6.54 Å². The van der Waals surface area contributed by atoms with E-state index in [9.17, 15) is 39.9 Å². The van der Waals surface area contributed by atoms with E-state index < -0.39 is 95.7 Å². The zero-order valence-corrected chi connectivity index (χ0v) is 25.2. The number of phenols is 2. The molecule has 1 fully saturated rings. The summed E-state index contributed by atoms with van der Waals surface area (Å²) in [6.07, 6.45) is -4.90. The number of phenolic OH excluding ortho intramolecular Hbond substituents is 2. The van der Waals surface area contributed by atoms with Crippen LogP contribution in [-0.4, -0.2) is 86.7 Å². The molecular formula is C34H35NO11. The zero-order chi connectivity index (χ0) is 32.9. The first kappa shape index (κ1) is 31.8. The van der Waals surface area contributed by atoms with E-state index in [2.05, 4.69) is 5.32 Å². The fourth-order valence-electron chi connectivity index (χ4n) is 6.76. The van der Waals surface area contributed by atoms with Crippen molar-refractivity contribution in [3.8, 4) is 17.2 Å². The predicted octanol–water partition coefficient (Wildman–Crippen LogP) is 1.83. The standard InChI is InChI=1S/C34H35NO11/c1-16-29(38)20(35-14-17-7-4-3-5-8-17)11-24(45-16)46-22-13-34(43,23(37)15-36)12-19-26(22)33(42)28-27(31(19)40)30(39)18-9-6-10-21(44-2)25(18)32(28)41/h3-10,16,20,22,24,29,35-36,38,40,42-43H,11-15H2,1-2H3/t16?,20?,22-,24?,29?,34-/m0/s1. The number of fused-ring (bicyclic) bond motifs is 3. The zero-order valence-electron chi connectivity index (χ0n) is 25.2. The SMILES string of the molecule is COc1cccc2c1C(=O)c1c(O)c3c(c(O)c1C2=O)C[C@@](O)(C(=O)CO)C[C@@H]3OC1CC(NCc2ccccc2)C(O)C(C)O1. The Balaban J connectivity index is 1.40. The summed E-state index contributed by atoms with van der Waals surface area (Å²) >= 11 is 0. The normalized spacial score (nSPS) is 27.0. The largest absolute Gasteiger partial charge is 0.507 e. The summed E-state index contributed by atoms with van der Waals surface area (Å²) in [4.78, 5) is 40.3. The molecule has 1 heterocycles. The summed E-state index contributed by atoms with van der Waals surface area (Å²) in [7, 11) is 1.33. The highest BCUT2D eigenvalue weighted by Crippen LogP contribution is 2.52. The van der Waals surface area contributed by atoms with E-state index in [1.807, 2.05) is 30.3 Å². The molecule has 6 rings (SSSR count). The summed E-state index contributed by atoms with van der Waals surface area (Å²) in [5.74, 6) is -3.72. The maximum absolute atomic E-state index is 13.8. The molecule has 12 heteroatoms. The lowest BCUT2D eigenvalue weighted by Gasteiger charge is -2.43. The number of methoxy groups -OCH3 is 1. The summed E-state index contributed by atoms with van der Waals surface area (Å²) < 4.78 is 17.5. The van der Waals surface area contributed by atoms with Gasteiger partial charge in [-0.25, -0.2) is 0 Å². The van der Waals surface area contributed by atoms with Crippen LogP contribution in [0, 0.1) is 0 Å². The molecule has 2 aliphatic carbocycles. The van der Waals surface area contributed by atoms with Crippen LogP contribution in [0.5, 0.6) is 17.2 Å². The molecular weight excluding hydrogens is 598 g/mol. The van der Waals surface area contributed by atoms with Crippen molar-refractivity contribution < 1.29 is 54.1 Å². The summed E-state index contributed by atoms with van der Waals surface area (Å²) in [5, 5.41) is 58.5. The molecule has 0 bridgehead atoms. The Morgan fingerprint density at radius 1 is 1.02 bits per heavy atom. The van der Waals surface area contributed by atoms with Gasteiger partial charge in [0.15, 0.2) is 17.9 Å². The Labute approximate surface area is 264 Å². The number of hydrogen-bond donors (Lipinski definition) is 6. The number of nitrogens with one attached hydrogen (secondary N) is 1. The molecule has 0 radical (unpaired) electrons. The number of aromatic hydroxyl groups is 2. The van der Waals surface area contributed by atoms with E-state index in [1.165, 1.54) is 25.3 Å². The number of rotatable bonds is 8. The van der Waals surface area contributed by atoms with Crippen molar-refractivity contribution in [1.29, 1.82) is 0 Å². The Bertz CT molecular complexity index is 1710. The van der Waals surface area contributed by atoms with Crippen LogP contribution in [0.15, 0.2) is 48.5 Å². The molecule has 0 spiro atoms. The minimum atomic E-state index is -2.25. The van der Waals surface area contributed by atoms with Gasteiger partial charge in [0.1, 0.15) is 29.5 Å². The third kappa shape index (κ3) is 5.26. The number of hydrogen-bond acceptors (Lipinski definition) is 12. The fraction of sp³-hybridized carbons (Fsp3) is 0.382. The van der Waals surface area contributed by atoms with Crippen LogP contribution in [0.2, 0.25) is 0 Å². The smallest absolute Gasteiger partial charge is 0.202 e.